The summed E-state index contributed by atoms with van der Waals surface area (Å²) in [5.41, 5.74) is 1.25. The molecule has 6 heteroatoms. The van der Waals surface area contributed by atoms with Crippen molar-refractivity contribution in [3.8, 4) is 0 Å². The molecular formula is C15H17N3O2S. The van der Waals surface area contributed by atoms with Crippen molar-refractivity contribution >= 4 is 23.0 Å². The maximum atomic E-state index is 12.1. The van der Waals surface area contributed by atoms with Crippen LogP contribution in [0.15, 0.2) is 24.5 Å². The van der Waals surface area contributed by atoms with Gasteiger partial charge in [-0.25, -0.2) is 4.98 Å². The van der Waals surface area contributed by atoms with Crippen molar-refractivity contribution in [2.45, 2.75) is 33.2 Å². The Morgan fingerprint density at radius 1 is 1.38 bits per heavy atom. The Labute approximate surface area is 127 Å². The van der Waals surface area contributed by atoms with Crippen LogP contribution in [0.1, 0.15) is 45.3 Å². The smallest absolute Gasteiger partial charge is 0.293 e. The van der Waals surface area contributed by atoms with Crippen molar-refractivity contribution in [2.24, 2.45) is 0 Å². The van der Waals surface area contributed by atoms with E-state index in [1.165, 1.54) is 6.20 Å². The number of nitrogens with one attached hydrogen (secondary N) is 1. The molecule has 1 N–H and O–H groups in total. The van der Waals surface area contributed by atoms with Gasteiger partial charge in [-0.3, -0.25) is 14.6 Å². The molecular weight excluding hydrogens is 286 g/mol. The highest BCUT2D eigenvalue weighted by atomic mass is 32.1. The van der Waals surface area contributed by atoms with E-state index >= 15 is 0 Å². The third kappa shape index (κ3) is 3.52. The second-order valence-electron chi connectivity index (χ2n) is 4.70. The zero-order chi connectivity index (χ0) is 15.4. The Hall–Kier alpha value is -2.08. The summed E-state index contributed by atoms with van der Waals surface area (Å²) >= 11 is 1.55. The number of pyridine rings is 1. The number of aryl methyl sites for hydroxylation is 2. The lowest BCUT2D eigenvalue weighted by Crippen LogP contribution is -2.34. The molecule has 110 valence electrons. The zero-order valence-electron chi connectivity index (χ0n) is 12.2. The molecule has 0 radical (unpaired) electrons. The van der Waals surface area contributed by atoms with Crippen LogP contribution in [0.5, 0.6) is 0 Å². The number of amides is 1. The molecule has 0 spiro atoms. The standard InChI is InChI=1S/C15H17N3O2S/c1-4-12(15-17-9(2)10(3)21-15)18-14(20)13(19)11-6-5-7-16-8-11/h5-8,12H,4H2,1-3H3,(H,18,20)/t12-/m1/s1. The first kappa shape index (κ1) is 15.3. The van der Waals surface area contributed by atoms with Gasteiger partial charge in [0.2, 0.25) is 0 Å². The molecule has 2 aromatic rings. The summed E-state index contributed by atoms with van der Waals surface area (Å²) < 4.78 is 0. The van der Waals surface area contributed by atoms with Crippen LogP contribution in [0.4, 0.5) is 0 Å². The van der Waals surface area contributed by atoms with Crippen LogP contribution in [0.2, 0.25) is 0 Å². The second-order valence-corrected chi connectivity index (χ2v) is 5.93. The quantitative estimate of drug-likeness (QED) is 0.681. The van der Waals surface area contributed by atoms with Crippen LogP contribution in [0, 0.1) is 13.8 Å². The van der Waals surface area contributed by atoms with Crippen molar-refractivity contribution < 1.29 is 9.59 Å². The number of rotatable bonds is 5. The van der Waals surface area contributed by atoms with Gasteiger partial charge >= 0.3 is 0 Å². The molecule has 0 aliphatic carbocycles. The van der Waals surface area contributed by atoms with E-state index in [1.807, 2.05) is 20.8 Å². The molecule has 0 aliphatic rings. The molecule has 1 amide bonds. The normalized spacial score (nSPS) is 12.0. The second kappa shape index (κ2) is 6.58. The molecule has 0 aliphatic heterocycles. The number of carbonyl (C=O) groups excluding carboxylic acids is 2. The molecule has 21 heavy (non-hydrogen) atoms. The van der Waals surface area contributed by atoms with Crippen molar-refractivity contribution in [2.75, 3.05) is 0 Å². The van der Waals surface area contributed by atoms with Crippen molar-refractivity contribution in [3.05, 3.63) is 45.7 Å². The molecule has 5 nitrogen and oxygen atoms in total. The van der Waals surface area contributed by atoms with Gasteiger partial charge in [-0.1, -0.05) is 6.92 Å². The summed E-state index contributed by atoms with van der Waals surface area (Å²) in [6, 6.07) is 2.97. The highest BCUT2D eigenvalue weighted by molar-refractivity contribution is 7.11. The molecule has 0 unspecified atom stereocenters. The summed E-state index contributed by atoms with van der Waals surface area (Å²) in [5, 5.41) is 3.59. The van der Waals surface area contributed by atoms with Gasteiger partial charge in [0.05, 0.1) is 11.7 Å². The van der Waals surface area contributed by atoms with E-state index in [9.17, 15) is 9.59 Å². The maximum absolute atomic E-state index is 12.1. The van der Waals surface area contributed by atoms with Crippen molar-refractivity contribution in [1.29, 1.82) is 0 Å². The summed E-state index contributed by atoms with van der Waals surface area (Å²) in [4.78, 5) is 33.5. The fourth-order valence-electron chi connectivity index (χ4n) is 1.84. The van der Waals surface area contributed by atoms with Crippen molar-refractivity contribution in [1.82, 2.24) is 15.3 Å². The van der Waals surface area contributed by atoms with E-state index in [2.05, 4.69) is 15.3 Å². The third-order valence-electron chi connectivity index (χ3n) is 3.19. The Kier molecular flexibility index (Phi) is 4.80. The SMILES string of the molecule is CC[C@@H](NC(=O)C(=O)c1cccnc1)c1nc(C)c(C)s1. The number of carbonyl (C=O) groups is 2. The first-order chi connectivity index (χ1) is 10.0. The Balaban J connectivity index is 2.11. The maximum Gasteiger partial charge on any atom is 0.293 e. The number of thiazole rings is 1. The van der Waals surface area contributed by atoms with Crippen LogP contribution in [-0.4, -0.2) is 21.7 Å². The van der Waals surface area contributed by atoms with Gasteiger partial charge in [0.1, 0.15) is 5.01 Å². The minimum absolute atomic E-state index is 0.240. The summed E-state index contributed by atoms with van der Waals surface area (Å²) in [7, 11) is 0. The average molecular weight is 303 g/mol. The lowest BCUT2D eigenvalue weighted by molar-refractivity contribution is -0.117. The number of aromatic nitrogens is 2. The van der Waals surface area contributed by atoms with Gasteiger partial charge in [-0.15, -0.1) is 11.3 Å². The highest BCUT2D eigenvalue weighted by Crippen LogP contribution is 2.24. The number of nitrogens with zero attached hydrogens (tertiary/aromatic N) is 2. The molecule has 2 rings (SSSR count). The van der Waals surface area contributed by atoms with Gasteiger partial charge in [-0.05, 0) is 32.4 Å². The Bertz CT molecular complexity index is 633. The summed E-state index contributed by atoms with van der Waals surface area (Å²) in [5.74, 6) is -1.20. The Morgan fingerprint density at radius 2 is 2.14 bits per heavy atom. The minimum atomic E-state index is -0.625. The van der Waals surface area contributed by atoms with Crippen LogP contribution >= 0.6 is 11.3 Å². The summed E-state index contributed by atoms with van der Waals surface area (Å²) in [6.07, 6.45) is 3.63. The fraction of sp³-hybridized carbons (Fsp3) is 0.333. The largest absolute Gasteiger partial charge is 0.340 e. The molecule has 1 atom stereocenters. The summed E-state index contributed by atoms with van der Waals surface area (Å²) in [6.45, 7) is 5.88. The number of Topliss-reactive ketones (excluding diaryl/α,β-unsaturated/α-hetero) is 1. The molecule has 0 aromatic carbocycles. The molecule has 0 fully saturated rings. The first-order valence-electron chi connectivity index (χ1n) is 6.72. The van der Waals surface area contributed by atoms with Crippen LogP contribution in [-0.2, 0) is 4.79 Å². The molecule has 0 bridgehead atoms. The highest BCUT2D eigenvalue weighted by Gasteiger charge is 2.22. The third-order valence-corrected chi connectivity index (χ3v) is 4.37. The molecule has 2 aromatic heterocycles. The van der Waals surface area contributed by atoms with E-state index in [0.29, 0.717) is 6.42 Å². The topological polar surface area (TPSA) is 72.0 Å². The minimum Gasteiger partial charge on any atom is -0.340 e. The first-order valence-corrected chi connectivity index (χ1v) is 7.53. The zero-order valence-corrected chi connectivity index (χ0v) is 13.0. The van der Waals surface area contributed by atoms with Crippen LogP contribution < -0.4 is 5.32 Å². The lowest BCUT2D eigenvalue weighted by Gasteiger charge is -2.13. The van der Waals surface area contributed by atoms with Crippen molar-refractivity contribution in [3.63, 3.8) is 0 Å². The number of hydrogen-bond acceptors (Lipinski definition) is 5. The van der Waals surface area contributed by atoms with E-state index in [1.54, 1.807) is 29.7 Å². The Morgan fingerprint density at radius 3 is 2.67 bits per heavy atom. The number of hydrogen-bond donors (Lipinski definition) is 1. The van der Waals surface area contributed by atoms with Crippen LogP contribution in [0.3, 0.4) is 0 Å². The van der Waals surface area contributed by atoms with E-state index in [0.717, 1.165) is 15.6 Å². The lowest BCUT2D eigenvalue weighted by atomic mass is 10.1. The van der Waals surface area contributed by atoms with Gasteiger partial charge < -0.3 is 5.32 Å². The predicted molar refractivity (Wildman–Crippen MR) is 81.3 cm³/mol. The van der Waals surface area contributed by atoms with Gasteiger partial charge in [-0.2, -0.15) is 0 Å². The van der Waals surface area contributed by atoms with Gasteiger partial charge in [0, 0.05) is 22.8 Å². The van der Waals surface area contributed by atoms with E-state index < -0.39 is 11.7 Å². The monoisotopic (exact) mass is 303 g/mol. The van der Waals surface area contributed by atoms with Gasteiger partial charge in [0.15, 0.2) is 0 Å². The van der Waals surface area contributed by atoms with Crippen LogP contribution in [0.25, 0.3) is 0 Å². The number of ketones is 1. The predicted octanol–water partition coefficient (Wildman–Crippen LogP) is 2.61. The average Bonchev–Trinajstić information content (AvgIpc) is 2.84. The molecule has 0 saturated carbocycles. The molecule has 0 saturated heterocycles. The molecule has 2 heterocycles. The van der Waals surface area contributed by atoms with Gasteiger partial charge in [0.25, 0.3) is 11.7 Å². The fourth-order valence-corrected chi connectivity index (χ4v) is 2.89. The van der Waals surface area contributed by atoms with E-state index in [-0.39, 0.29) is 11.6 Å². The van der Waals surface area contributed by atoms with E-state index in [4.69, 9.17) is 0 Å².